The fourth-order valence-electron chi connectivity index (χ4n) is 4.75. The Hall–Kier alpha value is -1.75. The van der Waals surface area contributed by atoms with E-state index < -0.39 is 0 Å². The van der Waals surface area contributed by atoms with E-state index in [1.807, 2.05) is 12.1 Å². The molecule has 5 rings (SSSR count). The summed E-state index contributed by atoms with van der Waals surface area (Å²) in [5.41, 5.74) is 1.19. The lowest BCUT2D eigenvalue weighted by atomic mass is 9.76. The monoisotopic (exact) mass is 327 g/mol. The largest absolute Gasteiger partial charge is 0.339 e. The molecule has 0 N–H and O–H groups in total. The minimum Gasteiger partial charge on any atom is -0.339 e. The number of nitrogens with zero attached hydrogens (tertiary/aromatic N) is 3. The third-order valence-electron chi connectivity index (χ3n) is 6.25. The quantitative estimate of drug-likeness (QED) is 0.859. The minimum atomic E-state index is -0.181. The number of rotatable bonds is 3. The number of fused-ring (bicyclic) bond motifs is 2. The van der Waals surface area contributed by atoms with E-state index in [0.717, 1.165) is 18.1 Å². The van der Waals surface area contributed by atoms with E-state index in [-0.39, 0.29) is 11.7 Å². The molecule has 2 aromatic rings. The summed E-state index contributed by atoms with van der Waals surface area (Å²) in [4.78, 5) is 7.25. The van der Waals surface area contributed by atoms with E-state index >= 15 is 0 Å². The van der Waals surface area contributed by atoms with Crippen LogP contribution in [-0.2, 0) is 0 Å². The van der Waals surface area contributed by atoms with Gasteiger partial charge >= 0.3 is 0 Å². The van der Waals surface area contributed by atoms with Gasteiger partial charge < -0.3 is 4.52 Å². The second-order valence-electron chi connectivity index (χ2n) is 7.65. The molecule has 0 amide bonds. The number of aromatic nitrogens is 2. The first-order valence-corrected chi connectivity index (χ1v) is 9.01. The van der Waals surface area contributed by atoms with Crippen LogP contribution in [0.1, 0.15) is 67.1 Å². The van der Waals surface area contributed by atoms with Gasteiger partial charge in [-0.3, -0.25) is 4.90 Å². The Kier molecular flexibility index (Phi) is 3.27. The summed E-state index contributed by atoms with van der Waals surface area (Å²) >= 11 is 0. The Bertz CT molecular complexity index is 739. The van der Waals surface area contributed by atoms with Crippen LogP contribution in [0.5, 0.6) is 0 Å². The van der Waals surface area contributed by atoms with Gasteiger partial charge in [0.2, 0.25) is 5.89 Å². The molecule has 126 valence electrons. The van der Waals surface area contributed by atoms with Gasteiger partial charge in [-0.25, -0.2) is 4.39 Å². The molecule has 1 aliphatic carbocycles. The Balaban J connectivity index is 1.54. The van der Waals surface area contributed by atoms with Gasteiger partial charge in [0.1, 0.15) is 5.82 Å². The highest BCUT2D eigenvalue weighted by Gasteiger charge is 2.49. The SMILES string of the molecule is CN1C2CC[C@@H]1[C@H](c1nc(C3CC3)no1)[C@@H](c1ccc(F)cc1)C2. The highest BCUT2D eigenvalue weighted by Crippen LogP contribution is 2.51. The van der Waals surface area contributed by atoms with Gasteiger partial charge in [-0.2, -0.15) is 4.98 Å². The summed E-state index contributed by atoms with van der Waals surface area (Å²) in [6.07, 6.45) is 5.82. The zero-order valence-corrected chi connectivity index (χ0v) is 13.9. The van der Waals surface area contributed by atoms with E-state index in [2.05, 4.69) is 17.1 Å². The van der Waals surface area contributed by atoms with Gasteiger partial charge in [-0.1, -0.05) is 17.3 Å². The van der Waals surface area contributed by atoms with Crippen LogP contribution >= 0.6 is 0 Å². The van der Waals surface area contributed by atoms with Crippen LogP contribution in [0, 0.1) is 5.82 Å². The van der Waals surface area contributed by atoms with Crippen LogP contribution in [0.25, 0.3) is 0 Å². The molecule has 4 atom stereocenters. The summed E-state index contributed by atoms with van der Waals surface area (Å²) in [6, 6.07) is 8.02. The fourth-order valence-corrected chi connectivity index (χ4v) is 4.75. The number of benzene rings is 1. The number of halogens is 1. The van der Waals surface area contributed by atoms with E-state index in [1.165, 1.54) is 31.2 Å². The van der Waals surface area contributed by atoms with Crippen molar-refractivity contribution in [2.45, 2.75) is 61.9 Å². The Morgan fingerprint density at radius 3 is 2.67 bits per heavy atom. The summed E-state index contributed by atoms with van der Waals surface area (Å²) in [7, 11) is 2.22. The second-order valence-corrected chi connectivity index (χ2v) is 7.65. The zero-order valence-electron chi connectivity index (χ0n) is 13.9. The highest BCUT2D eigenvalue weighted by atomic mass is 19.1. The van der Waals surface area contributed by atoms with Gasteiger partial charge in [-0.15, -0.1) is 0 Å². The van der Waals surface area contributed by atoms with Gasteiger partial charge in [0, 0.05) is 18.0 Å². The normalized spacial score (nSPS) is 33.1. The predicted octanol–water partition coefficient (Wildman–Crippen LogP) is 3.82. The maximum absolute atomic E-state index is 13.4. The molecule has 5 heteroatoms. The molecular formula is C19H22FN3O. The lowest BCUT2D eigenvalue weighted by Crippen LogP contribution is -2.44. The van der Waals surface area contributed by atoms with Gasteiger partial charge in [0.25, 0.3) is 0 Å². The van der Waals surface area contributed by atoms with Crippen molar-refractivity contribution in [1.29, 1.82) is 0 Å². The van der Waals surface area contributed by atoms with Crippen LogP contribution in [0.15, 0.2) is 28.8 Å². The number of hydrogen-bond donors (Lipinski definition) is 0. The number of likely N-dealkylation sites (N-methyl/N-ethyl adjacent to an activating group) is 1. The Labute approximate surface area is 141 Å². The smallest absolute Gasteiger partial charge is 0.231 e. The number of hydrogen-bond acceptors (Lipinski definition) is 4. The van der Waals surface area contributed by atoms with Gasteiger partial charge in [0.05, 0.1) is 5.92 Å². The fraction of sp³-hybridized carbons (Fsp3) is 0.579. The lowest BCUT2D eigenvalue weighted by Gasteiger charge is -2.41. The molecule has 3 aliphatic rings. The van der Waals surface area contributed by atoms with Crippen molar-refractivity contribution >= 4 is 0 Å². The first-order chi connectivity index (χ1) is 11.7. The first-order valence-electron chi connectivity index (χ1n) is 9.01. The summed E-state index contributed by atoms with van der Waals surface area (Å²) in [6.45, 7) is 0. The summed E-state index contributed by atoms with van der Waals surface area (Å²) in [5, 5.41) is 4.24. The maximum atomic E-state index is 13.4. The van der Waals surface area contributed by atoms with Crippen molar-refractivity contribution in [3.05, 3.63) is 47.4 Å². The molecule has 2 bridgehead atoms. The lowest BCUT2D eigenvalue weighted by molar-refractivity contribution is 0.120. The molecule has 4 nitrogen and oxygen atoms in total. The first kappa shape index (κ1) is 14.6. The molecule has 0 spiro atoms. The van der Waals surface area contributed by atoms with Crippen LogP contribution in [0.3, 0.4) is 0 Å². The van der Waals surface area contributed by atoms with Crippen molar-refractivity contribution in [2.24, 2.45) is 0 Å². The summed E-state index contributed by atoms with van der Waals surface area (Å²) in [5.74, 6) is 2.52. The van der Waals surface area contributed by atoms with Crippen molar-refractivity contribution in [2.75, 3.05) is 7.05 Å². The molecule has 2 aliphatic heterocycles. The Morgan fingerprint density at radius 1 is 1.12 bits per heavy atom. The second kappa shape index (κ2) is 5.38. The molecule has 2 saturated heterocycles. The average molecular weight is 327 g/mol. The van der Waals surface area contributed by atoms with Crippen LogP contribution in [0.2, 0.25) is 0 Å². The van der Waals surface area contributed by atoms with Gasteiger partial charge in [0.15, 0.2) is 5.82 Å². The van der Waals surface area contributed by atoms with Crippen molar-refractivity contribution in [3.8, 4) is 0 Å². The topological polar surface area (TPSA) is 42.2 Å². The van der Waals surface area contributed by atoms with Crippen molar-refractivity contribution in [3.63, 3.8) is 0 Å². The zero-order chi connectivity index (χ0) is 16.3. The molecule has 1 saturated carbocycles. The molecule has 1 aromatic heterocycles. The van der Waals surface area contributed by atoms with Gasteiger partial charge in [-0.05, 0) is 62.8 Å². The van der Waals surface area contributed by atoms with E-state index in [9.17, 15) is 4.39 Å². The van der Waals surface area contributed by atoms with Crippen LogP contribution in [-0.4, -0.2) is 34.2 Å². The molecule has 1 unspecified atom stereocenters. The molecule has 24 heavy (non-hydrogen) atoms. The molecule has 0 radical (unpaired) electrons. The van der Waals surface area contributed by atoms with Crippen molar-refractivity contribution < 1.29 is 8.91 Å². The third-order valence-corrected chi connectivity index (χ3v) is 6.25. The minimum absolute atomic E-state index is 0.181. The number of piperidine rings is 1. The van der Waals surface area contributed by atoms with E-state index in [4.69, 9.17) is 9.51 Å². The third kappa shape index (κ3) is 2.29. The molecule has 3 fully saturated rings. The van der Waals surface area contributed by atoms with E-state index in [0.29, 0.717) is 23.9 Å². The summed E-state index contributed by atoms with van der Waals surface area (Å²) < 4.78 is 19.1. The Morgan fingerprint density at radius 2 is 1.92 bits per heavy atom. The van der Waals surface area contributed by atoms with Crippen LogP contribution < -0.4 is 0 Å². The molecule has 1 aromatic carbocycles. The van der Waals surface area contributed by atoms with Crippen LogP contribution in [0.4, 0.5) is 4.39 Å². The average Bonchev–Trinajstić information content (AvgIpc) is 3.28. The molecular weight excluding hydrogens is 305 g/mol. The predicted molar refractivity (Wildman–Crippen MR) is 87.3 cm³/mol. The van der Waals surface area contributed by atoms with Crippen molar-refractivity contribution in [1.82, 2.24) is 15.0 Å². The maximum Gasteiger partial charge on any atom is 0.231 e. The molecule has 3 heterocycles. The van der Waals surface area contributed by atoms with E-state index in [1.54, 1.807) is 12.1 Å². The standard InChI is InChI=1S/C19H22FN3O/c1-23-14-8-9-16(23)17(19-21-18(22-24-19)12-2-3-12)15(10-14)11-4-6-13(20)7-5-11/h4-7,12,14-17H,2-3,8-10H2,1H3/t14?,15-,16-,17-/m1/s1. The highest BCUT2D eigenvalue weighted by molar-refractivity contribution is 5.28.